The van der Waals surface area contributed by atoms with E-state index in [1.807, 2.05) is 18.2 Å². The zero-order valence-electron chi connectivity index (χ0n) is 12.0. The molecule has 5 heteroatoms. The summed E-state index contributed by atoms with van der Waals surface area (Å²) in [5.74, 6) is -0.535. The topological polar surface area (TPSA) is 78.4 Å². The third-order valence-electron chi connectivity index (χ3n) is 3.67. The average molecular weight is 290 g/mol. The highest BCUT2D eigenvalue weighted by Crippen LogP contribution is 2.33. The number of carboxylic acids is 1. The van der Waals surface area contributed by atoms with Crippen LogP contribution in [0.3, 0.4) is 0 Å². The Bertz CT molecular complexity index is 472. The highest BCUT2D eigenvalue weighted by atomic mass is 16.4. The van der Waals surface area contributed by atoms with Gasteiger partial charge in [0.25, 0.3) is 0 Å². The molecule has 2 amide bonds. The number of carboxylic acid groups (broad SMARTS) is 1. The molecule has 1 atom stereocenters. The number of benzene rings is 1. The van der Waals surface area contributed by atoms with Gasteiger partial charge in [-0.2, -0.15) is 0 Å². The maximum atomic E-state index is 11.8. The Morgan fingerprint density at radius 2 is 1.95 bits per heavy atom. The lowest BCUT2D eigenvalue weighted by Gasteiger charge is -2.16. The van der Waals surface area contributed by atoms with Gasteiger partial charge in [0, 0.05) is 12.6 Å². The lowest BCUT2D eigenvalue weighted by atomic mass is 10.1. The number of carbonyl (C=O) groups excluding carboxylic acids is 1. The van der Waals surface area contributed by atoms with E-state index >= 15 is 0 Å². The second-order valence-corrected chi connectivity index (χ2v) is 5.53. The van der Waals surface area contributed by atoms with E-state index in [0.717, 1.165) is 25.7 Å². The molecule has 1 fully saturated rings. The van der Waals surface area contributed by atoms with E-state index in [2.05, 4.69) is 22.8 Å². The minimum absolute atomic E-state index is 0.00209. The number of rotatable bonds is 8. The summed E-state index contributed by atoms with van der Waals surface area (Å²) in [5.41, 5.74) is 1.25. The van der Waals surface area contributed by atoms with Gasteiger partial charge in [0.1, 0.15) is 0 Å². The number of aliphatic carboxylic acids is 1. The Morgan fingerprint density at radius 1 is 1.24 bits per heavy atom. The van der Waals surface area contributed by atoms with Crippen LogP contribution in [0.15, 0.2) is 30.3 Å². The molecule has 1 aromatic carbocycles. The fourth-order valence-electron chi connectivity index (χ4n) is 2.38. The third-order valence-corrected chi connectivity index (χ3v) is 3.67. The Kier molecular flexibility index (Phi) is 5.60. The maximum absolute atomic E-state index is 11.8. The number of hydrogen-bond donors (Lipinski definition) is 3. The largest absolute Gasteiger partial charge is 0.481 e. The number of hydrogen-bond acceptors (Lipinski definition) is 2. The van der Waals surface area contributed by atoms with E-state index in [-0.39, 0.29) is 18.5 Å². The fraction of sp³-hybridized carbons (Fsp3) is 0.500. The molecular formula is C16H22N2O3. The molecule has 114 valence electrons. The van der Waals surface area contributed by atoms with Crippen molar-refractivity contribution < 1.29 is 14.7 Å². The number of urea groups is 1. The predicted octanol–water partition coefficient (Wildman–Crippen LogP) is 2.17. The van der Waals surface area contributed by atoms with Gasteiger partial charge >= 0.3 is 12.0 Å². The Balaban J connectivity index is 1.63. The SMILES string of the molecule is O=C(O)CC(NC(=O)NCCCc1ccccc1)C1CC1. The fourth-order valence-corrected chi connectivity index (χ4v) is 2.38. The van der Waals surface area contributed by atoms with Crippen LogP contribution in [-0.4, -0.2) is 29.7 Å². The van der Waals surface area contributed by atoms with Crippen molar-refractivity contribution in [3.63, 3.8) is 0 Å². The summed E-state index contributed by atoms with van der Waals surface area (Å²) in [6.07, 6.45) is 3.80. The number of carbonyl (C=O) groups is 2. The van der Waals surface area contributed by atoms with Gasteiger partial charge in [-0.05, 0) is 37.2 Å². The molecule has 0 aliphatic heterocycles. The molecule has 3 N–H and O–H groups in total. The quantitative estimate of drug-likeness (QED) is 0.642. The zero-order valence-corrected chi connectivity index (χ0v) is 12.0. The van der Waals surface area contributed by atoms with Crippen LogP contribution in [-0.2, 0) is 11.2 Å². The Labute approximate surface area is 124 Å². The van der Waals surface area contributed by atoms with Crippen molar-refractivity contribution in [3.8, 4) is 0 Å². The molecule has 0 heterocycles. The van der Waals surface area contributed by atoms with E-state index in [0.29, 0.717) is 12.5 Å². The van der Waals surface area contributed by atoms with E-state index in [1.165, 1.54) is 5.56 Å². The van der Waals surface area contributed by atoms with Crippen molar-refractivity contribution in [2.45, 2.75) is 38.1 Å². The van der Waals surface area contributed by atoms with Gasteiger partial charge in [-0.25, -0.2) is 4.79 Å². The number of nitrogens with one attached hydrogen (secondary N) is 2. The van der Waals surface area contributed by atoms with Crippen LogP contribution in [0, 0.1) is 5.92 Å². The van der Waals surface area contributed by atoms with Gasteiger partial charge < -0.3 is 15.7 Å². The van der Waals surface area contributed by atoms with Crippen LogP contribution in [0.25, 0.3) is 0 Å². The Morgan fingerprint density at radius 3 is 2.57 bits per heavy atom. The molecular weight excluding hydrogens is 268 g/mol. The molecule has 1 saturated carbocycles. The molecule has 1 unspecified atom stereocenters. The molecule has 1 aromatic rings. The summed E-state index contributed by atoms with van der Waals surface area (Å²) in [4.78, 5) is 22.5. The van der Waals surface area contributed by atoms with Gasteiger partial charge in [0.15, 0.2) is 0 Å². The maximum Gasteiger partial charge on any atom is 0.315 e. The van der Waals surface area contributed by atoms with Crippen LogP contribution in [0.1, 0.15) is 31.2 Å². The van der Waals surface area contributed by atoms with E-state index in [4.69, 9.17) is 5.11 Å². The van der Waals surface area contributed by atoms with Gasteiger partial charge in [-0.1, -0.05) is 30.3 Å². The molecule has 0 bridgehead atoms. The first-order chi connectivity index (χ1) is 10.1. The lowest BCUT2D eigenvalue weighted by Crippen LogP contribution is -2.44. The van der Waals surface area contributed by atoms with Crippen LogP contribution >= 0.6 is 0 Å². The minimum Gasteiger partial charge on any atom is -0.481 e. The molecule has 0 radical (unpaired) electrons. The van der Waals surface area contributed by atoms with E-state index in [1.54, 1.807) is 0 Å². The third kappa shape index (κ3) is 5.85. The number of aryl methyl sites for hydroxylation is 1. The minimum atomic E-state index is -0.865. The summed E-state index contributed by atoms with van der Waals surface area (Å²) in [5, 5.41) is 14.4. The monoisotopic (exact) mass is 290 g/mol. The highest BCUT2D eigenvalue weighted by molar-refractivity contribution is 5.75. The highest BCUT2D eigenvalue weighted by Gasteiger charge is 2.33. The summed E-state index contributed by atoms with van der Waals surface area (Å²) in [6, 6.07) is 9.61. The summed E-state index contributed by atoms with van der Waals surface area (Å²) in [7, 11) is 0. The number of amides is 2. The van der Waals surface area contributed by atoms with Crippen molar-refractivity contribution in [2.75, 3.05) is 6.54 Å². The van der Waals surface area contributed by atoms with E-state index < -0.39 is 5.97 Å². The Hall–Kier alpha value is -2.04. The molecule has 0 aromatic heterocycles. The average Bonchev–Trinajstić information content (AvgIpc) is 3.28. The predicted molar refractivity (Wildman–Crippen MR) is 80.1 cm³/mol. The van der Waals surface area contributed by atoms with Crippen molar-refractivity contribution in [2.24, 2.45) is 5.92 Å². The summed E-state index contributed by atoms with van der Waals surface area (Å²) < 4.78 is 0. The molecule has 5 nitrogen and oxygen atoms in total. The van der Waals surface area contributed by atoms with Crippen LogP contribution in [0.2, 0.25) is 0 Å². The van der Waals surface area contributed by atoms with Gasteiger partial charge in [-0.3, -0.25) is 4.79 Å². The van der Waals surface area contributed by atoms with Crippen LogP contribution in [0.4, 0.5) is 4.79 Å². The molecule has 1 aliphatic carbocycles. The summed E-state index contributed by atoms with van der Waals surface area (Å²) in [6.45, 7) is 0.588. The summed E-state index contributed by atoms with van der Waals surface area (Å²) >= 11 is 0. The van der Waals surface area contributed by atoms with Crippen LogP contribution < -0.4 is 10.6 Å². The van der Waals surface area contributed by atoms with E-state index in [9.17, 15) is 9.59 Å². The van der Waals surface area contributed by atoms with Crippen molar-refractivity contribution in [1.82, 2.24) is 10.6 Å². The molecule has 1 aliphatic rings. The van der Waals surface area contributed by atoms with Gasteiger partial charge in [-0.15, -0.1) is 0 Å². The molecule has 2 rings (SSSR count). The smallest absolute Gasteiger partial charge is 0.315 e. The van der Waals surface area contributed by atoms with Crippen molar-refractivity contribution in [1.29, 1.82) is 0 Å². The zero-order chi connectivity index (χ0) is 15.1. The molecule has 21 heavy (non-hydrogen) atoms. The first kappa shape index (κ1) is 15.4. The molecule has 0 spiro atoms. The molecule has 0 saturated heterocycles. The standard InChI is InChI=1S/C16H22N2O3/c19-15(20)11-14(13-8-9-13)18-16(21)17-10-4-7-12-5-2-1-3-6-12/h1-3,5-6,13-14H,4,7-11H2,(H,19,20)(H2,17,18,21). The van der Waals surface area contributed by atoms with Crippen molar-refractivity contribution >= 4 is 12.0 Å². The second kappa shape index (κ2) is 7.67. The van der Waals surface area contributed by atoms with Gasteiger partial charge in [0.2, 0.25) is 0 Å². The normalized spacial score (nSPS) is 15.2. The van der Waals surface area contributed by atoms with Gasteiger partial charge in [0.05, 0.1) is 6.42 Å². The van der Waals surface area contributed by atoms with Crippen LogP contribution in [0.5, 0.6) is 0 Å². The van der Waals surface area contributed by atoms with Crippen molar-refractivity contribution in [3.05, 3.63) is 35.9 Å². The second-order valence-electron chi connectivity index (χ2n) is 5.53. The first-order valence-electron chi connectivity index (χ1n) is 7.45. The first-order valence-corrected chi connectivity index (χ1v) is 7.45. The lowest BCUT2D eigenvalue weighted by molar-refractivity contribution is -0.137.